The number of halogens is 3. The van der Waals surface area contributed by atoms with Crippen LogP contribution in [-0.2, 0) is 48.0 Å². The van der Waals surface area contributed by atoms with E-state index in [2.05, 4.69) is 31.2 Å². The Morgan fingerprint density at radius 2 is 1.13 bits per heavy atom. The highest BCUT2D eigenvalue weighted by molar-refractivity contribution is 5.96. The number of primary amides is 1. The van der Waals surface area contributed by atoms with Gasteiger partial charge >= 0.3 is 12.1 Å². The summed E-state index contributed by atoms with van der Waals surface area (Å²) in [5.41, 5.74) is 21.6. The van der Waals surface area contributed by atoms with Gasteiger partial charge in [0, 0.05) is 47.0 Å². The molecule has 3 aromatic carbocycles. The standard InChI is InChI=1S/C40H49N9O5.C2HF3O2/c1-24(46-38(52)30(42)20-26-22-44-31-15-7-5-13-28(26)31)37(51)48-35(21-27-23-45-32-16-8-6-14-29(27)32)40(54)49-34(19-25-11-3-2-4-12-25)39(53)47-33(36(43)50)17-9-10-18-41;3-2(4,5)1(6)7/h2-8,11-16,22-24,30,33-35,44-45H,9-10,17-21,41-42H2,1H3,(H2,43,50)(H,46,52)(H,47,53)(H,48,51)(H,49,54);(H,6,7)/t24-,30+,33-,34+,35-;/m0./s1. The highest BCUT2D eigenvalue weighted by atomic mass is 19.4. The Labute approximate surface area is 348 Å². The maximum absolute atomic E-state index is 14.2. The second-order valence-electron chi connectivity index (χ2n) is 14.3. The number of aliphatic carboxylic acids is 1. The quantitative estimate of drug-likeness (QED) is 0.0545. The second-order valence-corrected chi connectivity index (χ2v) is 14.3. The van der Waals surface area contributed by atoms with Crippen LogP contribution >= 0.6 is 0 Å². The van der Waals surface area contributed by atoms with Gasteiger partial charge in [0.25, 0.3) is 0 Å². The van der Waals surface area contributed by atoms with E-state index in [1.807, 2.05) is 85.1 Å². The van der Waals surface area contributed by atoms with E-state index in [1.54, 1.807) is 6.20 Å². The molecular formula is C42H50F3N9O7. The number of unbranched alkanes of at least 4 members (excludes halogenated alkanes) is 1. The molecule has 5 atom stereocenters. The average molecular weight is 850 g/mol. The number of carbonyl (C=O) groups is 6. The lowest BCUT2D eigenvalue weighted by atomic mass is 10.0. The summed E-state index contributed by atoms with van der Waals surface area (Å²) < 4.78 is 31.7. The van der Waals surface area contributed by atoms with Crippen molar-refractivity contribution >= 4 is 57.3 Å². The minimum absolute atomic E-state index is 0.0605. The molecule has 0 aliphatic heterocycles. The van der Waals surface area contributed by atoms with E-state index in [1.165, 1.54) is 6.92 Å². The van der Waals surface area contributed by atoms with Crippen LogP contribution in [0.5, 0.6) is 0 Å². The number of carboxylic acid groups (broad SMARTS) is 1. The minimum Gasteiger partial charge on any atom is -0.475 e. The van der Waals surface area contributed by atoms with Crippen LogP contribution in [0.4, 0.5) is 13.2 Å². The van der Waals surface area contributed by atoms with Crippen molar-refractivity contribution in [3.8, 4) is 0 Å². The molecule has 0 saturated heterocycles. The van der Waals surface area contributed by atoms with Gasteiger partial charge < -0.3 is 53.5 Å². The Bertz CT molecular complexity index is 2280. The van der Waals surface area contributed by atoms with Crippen LogP contribution in [0.15, 0.2) is 91.3 Å². The molecule has 5 amide bonds. The number of amides is 5. The van der Waals surface area contributed by atoms with Crippen LogP contribution in [0, 0.1) is 0 Å². The lowest BCUT2D eigenvalue weighted by Crippen LogP contribution is -2.59. The van der Waals surface area contributed by atoms with E-state index in [-0.39, 0.29) is 19.3 Å². The first-order valence-corrected chi connectivity index (χ1v) is 19.4. The number of fused-ring (bicyclic) bond motifs is 2. The number of aromatic amines is 2. The third-order valence-electron chi connectivity index (χ3n) is 9.70. The number of rotatable bonds is 19. The fourth-order valence-electron chi connectivity index (χ4n) is 6.42. The maximum atomic E-state index is 14.2. The maximum Gasteiger partial charge on any atom is 0.490 e. The lowest BCUT2D eigenvalue weighted by molar-refractivity contribution is -0.192. The number of alkyl halides is 3. The van der Waals surface area contributed by atoms with Crippen LogP contribution in [0.1, 0.15) is 42.9 Å². The van der Waals surface area contributed by atoms with Gasteiger partial charge in [-0.1, -0.05) is 66.7 Å². The number of benzene rings is 3. The molecule has 0 saturated carbocycles. The molecule has 0 unspecified atom stereocenters. The van der Waals surface area contributed by atoms with Gasteiger partial charge in [-0.25, -0.2) is 4.79 Å². The zero-order valence-corrected chi connectivity index (χ0v) is 33.3. The van der Waals surface area contributed by atoms with Crippen LogP contribution in [0.25, 0.3) is 21.8 Å². The van der Waals surface area contributed by atoms with Gasteiger partial charge in [0.1, 0.15) is 24.2 Å². The molecule has 5 aromatic rings. The van der Waals surface area contributed by atoms with Gasteiger partial charge in [-0.15, -0.1) is 0 Å². The predicted molar refractivity (Wildman–Crippen MR) is 221 cm³/mol. The van der Waals surface area contributed by atoms with E-state index < -0.39 is 71.9 Å². The zero-order valence-electron chi connectivity index (χ0n) is 33.3. The first-order valence-electron chi connectivity index (χ1n) is 19.4. The van der Waals surface area contributed by atoms with Crippen molar-refractivity contribution in [3.05, 3.63) is 108 Å². The number of hydrogen-bond acceptors (Lipinski definition) is 8. The molecule has 0 spiro atoms. The monoisotopic (exact) mass is 849 g/mol. The fourth-order valence-corrected chi connectivity index (χ4v) is 6.42. The number of H-pyrrole nitrogens is 2. The van der Waals surface area contributed by atoms with E-state index in [0.29, 0.717) is 25.8 Å². The van der Waals surface area contributed by atoms with Gasteiger partial charge in [-0.3, -0.25) is 24.0 Å². The van der Waals surface area contributed by atoms with E-state index in [0.717, 1.165) is 38.5 Å². The summed E-state index contributed by atoms with van der Waals surface area (Å²) in [4.78, 5) is 82.2. The average Bonchev–Trinajstić information content (AvgIpc) is 3.83. The van der Waals surface area contributed by atoms with Crippen molar-refractivity contribution in [2.45, 2.75) is 81.8 Å². The Morgan fingerprint density at radius 1 is 0.656 bits per heavy atom. The van der Waals surface area contributed by atoms with Crippen molar-refractivity contribution in [3.63, 3.8) is 0 Å². The number of nitrogens with two attached hydrogens (primary N) is 3. The summed E-state index contributed by atoms with van der Waals surface area (Å²) in [6.45, 7) is 1.93. The fraction of sp³-hybridized carbons (Fsp3) is 0.333. The molecule has 0 aliphatic carbocycles. The molecule has 61 heavy (non-hydrogen) atoms. The number of nitrogens with one attached hydrogen (secondary N) is 6. The molecule has 2 heterocycles. The molecule has 5 rings (SSSR count). The third-order valence-corrected chi connectivity index (χ3v) is 9.70. The Hall–Kier alpha value is -6.73. The third kappa shape index (κ3) is 13.9. The molecule has 0 aliphatic rings. The molecule has 19 heteroatoms. The molecular weight excluding hydrogens is 800 g/mol. The van der Waals surface area contributed by atoms with Crippen molar-refractivity contribution < 1.29 is 47.0 Å². The zero-order chi connectivity index (χ0) is 44.7. The number of carboxylic acids is 1. The van der Waals surface area contributed by atoms with E-state index in [4.69, 9.17) is 27.1 Å². The van der Waals surface area contributed by atoms with Crippen LogP contribution in [0.3, 0.4) is 0 Å². The van der Waals surface area contributed by atoms with Crippen molar-refractivity contribution in [2.24, 2.45) is 17.2 Å². The van der Waals surface area contributed by atoms with Crippen molar-refractivity contribution in [2.75, 3.05) is 6.54 Å². The highest BCUT2D eigenvalue weighted by Crippen LogP contribution is 2.21. The van der Waals surface area contributed by atoms with E-state index >= 15 is 0 Å². The smallest absolute Gasteiger partial charge is 0.475 e. The second kappa shape index (κ2) is 22.0. The van der Waals surface area contributed by atoms with Crippen LogP contribution < -0.4 is 38.5 Å². The molecule has 0 fully saturated rings. The molecule has 2 aromatic heterocycles. The topological polar surface area (TPSA) is 280 Å². The SMILES string of the molecule is C[C@H](NC(=O)[C@H](N)Cc1c[nH]c2ccccc12)C(=O)N[C@@H](Cc1c[nH]c2ccccc12)C(=O)N[C@H](Cc1ccccc1)C(=O)N[C@@H](CCCCN)C(N)=O.O=C(O)C(F)(F)F. The van der Waals surface area contributed by atoms with Gasteiger partial charge in [0.2, 0.25) is 29.5 Å². The summed E-state index contributed by atoms with van der Waals surface area (Å²) in [5, 5.41) is 19.9. The minimum atomic E-state index is -5.08. The van der Waals surface area contributed by atoms with Crippen LogP contribution in [0.2, 0.25) is 0 Å². The normalized spacial score (nSPS) is 13.7. The summed E-state index contributed by atoms with van der Waals surface area (Å²) in [6.07, 6.45) is 0.395. The highest BCUT2D eigenvalue weighted by Gasteiger charge is 2.38. The molecule has 13 N–H and O–H groups in total. The summed E-state index contributed by atoms with van der Waals surface area (Å²) in [5.74, 6) is -5.86. The molecule has 0 bridgehead atoms. The van der Waals surface area contributed by atoms with Crippen LogP contribution in [-0.4, -0.2) is 93.5 Å². The first-order chi connectivity index (χ1) is 29.0. The summed E-state index contributed by atoms with van der Waals surface area (Å²) >= 11 is 0. The lowest BCUT2D eigenvalue weighted by Gasteiger charge is -2.26. The number of hydrogen-bond donors (Lipinski definition) is 10. The summed E-state index contributed by atoms with van der Waals surface area (Å²) in [6, 6.07) is 19.1. The van der Waals surface area contributed by atoms with Gasteiger partial charge in [0.15, 0.2) is 0 Å². The van der Waals surface area contributed by atoms with Gasteiger partial charge in [0.05, 0.1) is 6.04 Å². The molecule has 0 radical (unpaired) electrons. The predicted octanol–water partition coefficient (Wildman–Crippen LogP) is 2.21. The first kappa shape index (κ1) is 47.0. The van der Waals surface area contributed by atoms with Crippen molar-refractivity contribution in [1.82, 2.24) is 31.2 Å². The Morgan fingerprint density at radius 3 is 1.66 bits per heavy atom. The Kier molecular flexibility index (Phi) is 17.0. The number of para-hydroxylation sites is 2. The number of carbonyl (C=O) groups excluding carboxylic acids is 5. The number of aromatic nitrogens is 2. The largest absolute Gasteiger partial charge is 0.490 e. The molecule has 326 valence electrons. The Balaban J connectivity index is 0.00000107. The van der Waals surface area contributed by atoms with Gasteiger partial charge in [-0.2, -0.15) is 13.2 Å². The van der Waals surface area contributed by atoms with Gasteiger partial charge in [-0.05, 0) is 68.0 Å². The van der Waals surface area contributed by atoms with E-state index in [9.17, 15) is 37.1 Å². The van der Waals surface area contributed by atoms with Crippen molar-refractivity contribution in [1.29, 1.82) is 0 Å². The molecule has 16 nitrogen and oxygen atoms in total. The summed E-state index contributed by atoms with van der Waals surface area (Å²) in [7, 11) is 0.